The number of nitrogens with two attached hydrogens (primary N) is 1. The predicted octanol–water partition coefficient (Wildman–Crippen LogP) is 5.15. The van der Waals surface area contributed by atoms with Gasteiger partial charge < -0.3 is 10.8 Å². The van der Waals surface area contributed by atoms with Crippen LogP contribution in [-0.4, -0.2) is 5.11 Å². The third kappa shape index (κ3) is 3.42. The van der Waals surface area contributed by atoms with Gasteiger partial charge in [0.2, 0.25) is 0 Å². The first-order valence-electron chi connectivity index (χ1n) is 8.51. The third-order valence-corrected chi connectivity index (χ3v) is 4.98. The maximum absolute atomic E-state index is 10.6. The lowest BCUT2D eigenvalue weighted by molar-refractivity contribution is 0.382. The highest BCUT2D eigenvalue weighted by Crippen LogP contribution is 2.40. The van der Waals surface area contributed by atoms with Gasteiger partial charge in [-0.3, -0.25) is 0 Å². The minimum Gasteiger partial charge on any atom is -0.507 e. The summed E-state index contributed by atoms with van der Waals surface area (Å²) in [5.74, 6) is 1.11. The van der Waals surface area contributed by atoms with E-state index in [1.54, 1.807) is 0 Å². The van der Waals surface area contributed by atoms with E-state index in [1.807, 2.05) is 0 Å². The summed E-state index contributed by atoms with van der Waals surface area (Å²) in [4.78, 5) is 0. The highest BCUT2D eigenvalue weighted by atomic mass is 16.3. The summed E-state index contributed by atoms with van der Waals surface area (Å²) in [6.45, 7) is 8.55. The lowest BCUT2D eigenvalue weighted by Crippen LogP contribution is -2.36. The standard InChI is InChI=1S/C19H31NO/c1-13(2)16-11-15(12-17(14(3)4)18(16)21)19(20)9-7-5-6-8-10-19/h11-14,21H,5-10,20H2,1-4H3. The molecule has 1 aliphatic carbocycles. The third-order valence-electron chi connectivity index (χ3n) is 4.98. The summed E-state index contributed by atoms with van der Waals surface area (Å²) < 4.78 is 0. The van der Waals surface area contributed by atoms with Gasteiger partial charge in [-0.25, -0.2) is 0 Å². The molecule has 1 aromatic rings. The van der Waals surface area contributed by atoms with Gasteiger partial charge in [-0.15, -0.1) is 0 Å². The Morgan fingerprint density at radius 3 is 1.71 bits per heavy atom. The molecule has 0 spiro atoms. The van der Waals surface area contributed by atoms with Crippen LogP contribution in [0.4, 0.5) is 0 Å². The van der Waals surface area contributed by atoms with E-state index in [2.05, 4.69) is 39.8 Å². The molecule has 3 N–H and O–H groups in total. The minimum atomic E-state index is -0.211. The summed E-state index contributed by atoms with van der Waals surface area (Å²) in [5.41, 5.74) is 9.90. The molecule has 0 radical (unpaired) electrons. The number of aromatic hydroxyl groups is 1. The predicted molar refractivity (Wildman–Crippen MR) is 89.9 cm³/mol. The van der Waals surface area contributed by atoms with Gasteiger partial charge in [-0.1, -0.05) is 53.4 Å². The van der Waals surface area contributed by atoms with Crippen LogP contribution in [0.1, 0.15) is 94.7 Å². The first-order chi connectivity index (χ1) is 9.85. The van der Waals surface area contributed by atoms with Crippen LogP contribution in [0.5, 0.6) is 5.75 Å². The second-order valence-electron chi connectivity index (χ2n) is 7.38. The Bertz CT molecular complexity index is 453. The Hall–Kier alpha value is -1.02. The van der Waals surface area contributed by atoms with Crippen molar-refractivity contribution in [3.63, 3.8) is 0 Å². The van der Waals surface area contributed by atoms with Crippen LogP contribution < -0.4 is 5.73 Å². The van der Waals surface area contributed by atoms with E-state index in [4.69, 9.17) is 5.73 Å². The number of hydrogen-bond donors (Lipinski definition) is 2. The molecule has 21 heavy (non-hydrogen) atoms. The molecule has 0 amide bonds. The number of hydrogen-bond acceptors (Lipinski definition) is 2. The van der Waals surface area contributed by atoms with Crippen molar-refractivity contribution < 1.29 is 5.11 Å². The van der Waals surface area contributed by atoms with Crippen molar-refractivity contribution >= 4 is 0 Å². The summed E-state index contributed by atoms with van der Waals surface area (Å²) in [6, 6.07) is 4.33. The molecular formula is C19H31NO. The molecule has 118 valence electrons. The first-order valence-corrected chi connectivity index (χ1v) is 8.51. The number of phenolic OH excluding ortho intramolecular Hbond substituents is 1. The molecule has 0 atom stereocenters. The molecule has 2 nitrogen and oxygen atoms in total. The molecule has 0 bridgehead atoms. The van der Waals surface area contributed by atoms with Crippen molar-refractivity contribution in [3.05, 3.63) is 28.8 Å². The molecule has 0 saturated heterocycles. The molecule has 0 aliphatic heterocycles. The Balaban J connectivity index is 2.52. The van der Waals surface area contributed by atoms with Gasteiger partial charge in [-0.05, 0) is 53.5 Å². The molecule has 0 aromatic heterocycles. The van der Waals surface area contributed by atoms with E-state index in [9.17, 15) is 5.11 Å². The van der Waals surface area contributed by atoms with Crippen molar-refractivity contribution in [3.8, 4) is 5.75 Å². The van der Waals surface area contributed by atoms with Crippen molar-refractivity contribution in [2.75, 3.05) is 0 Å². The van der Waals surface area contributed by atoms with E-state index in [0.29, 0.717) is 17.6 Å². The maximum atomic E-state index is 10.6. The van der Waals surface area contributed by atoms with Gasteiger partial charge in [0.15, 0.2) is 0 Å². The Morgan fingerprint density at radius 1 is 0.905 bits per heavy atom. The van der Waals surface area contributed by atoms with Crippen molar-refractivity contribution in [1.29, 1.82) is 0 Å². The molecule has 1 fully saturated rings. The van der Waals surface area contributed by atoms with E-state index in [1.165, 1.54) is 31.2 Å². The Labute approximate surface area is 129 Å². The molecule has 1 aliphatic rings. The molecule has 0 heterocycles. The second-order valence-corrected chi connectivity index (χ2v) is 7.38. The quantitative estimate of drug-likeness (QED) is 0.756. The fourth-order valence-corrected chi connectivity index (χ4v) is 3.50. The summed E-state index contributed by atoms with van der Waals surface area (Å²) in [6.07, 6.45) is 7.15. The molecular weight excluding hydrogens is 258 g/mol. The van der Waals surface area contributed by atoms with Crippen LogP contribution in [0.25, 0.3) is 0 Å². The van der Waals surface area contributed by atoms with Gasteiger partial charge in [0.1, 0.15) is 5.75 Å². The lowest BCUT2D eigenvalue weighted by atomic mass is 9.80. The van der Waals surface area contributed by atoms with Crippen molar-refractivity contribution in [2.24, 2.45) is 5.73 Å². The van der Waals surface area contributed by atoms with Gasteiger partial charge >= 0.3 is 0 Å². The van der Waals surface area contributed by atoms with E-state index >= 15 is 0 Å². The zero-order valence-electron chi connectivity index (χ0n) is 14.1. The van der Waals surface area contributed by atoms with Crippen LogP contribution in [0.3, 0.4) is 0 Å². The fraction of sp³-hybridized carbons (Fsp3) is 0.684. The first kappa shape index (κ1) is 16.4. The van der Waals surface area contributed by atoms with Gasteiger partial charge in [0.05, 0.1) is 0 Å². The monoisotopic (exact) mass is 289 g/mol. The lowest BCUT2D eigenvalue weighted by Gasteiger charge is -2.31. The smallest absolute Gasteiger partial charge is 0.122 e. The molecule has 0 unspecified atom stereocenters. The summed E-state index contributed by atoms with van der Waals surface area (Å²) in [5, 5.41) is 10.6. The SMILES string of the molecule is CC(C)c1cc(C2(N)CCCCCC2)cc(C(C)C)c1O. The van der Waals surface area contributed by atoms with E-state index < -0.39 is 0 Å². The summed E-state index contributed by atoms with van der Waals surface area (Å²) in [7, 11) is 0. The minimum absolute atomic E-state index is 0.211. The molecule has 2 heteroatoms. The normalized spacial score (nSPS) is 19.0. The topological polar surface area (TPSA) is 46.2 Å². The molecule has 1 saturated carbocycles. The maximum Gasteiger partial charge on any atom is 0.122 e. The fourth-order valence-electron chi connectivity index (χ4n) is 3.50. The Morgan fingerprint density at radius 2 is 1.33 bits per heavy atom. The van der Waals surface area contributed by atoms with E-state index in [0.717, 1.165) is 24.0 Å². The zero-order chi connectivity index (χ0) is 15.6. The Kier molecular flexibility index (Phi) is 4.98. The molecule has 2 rings (SSSR count). The number of phenols is 1. The number of rotatable bonds is 3. The van der Waals surface area contributed by atoms with E-state index in [-0.39, 0.29) is 5.54 Å². The van der Waals surface area contributed by atoms with Gasteiger partial charge in [0.25, 0.3) is 0 Å². The average Bonchev–Trinajstić information content (AvgIpc) is 2.64. The highest BCUT2D eigenvalue weighted by molar-refractivity contribution is 5.48. The van der Waals surface area contributed by atoms with Crippen LogP contribution in [0, 0.1) is 0 Å². The zero-order valence-corrected chi connectivity index (χ0v) is 14.1. The van der Waals surface area contributed by atoms with Crippen molar-refractivity contribution in [1.82, 2.24) is 0 Å². The van der Waals surface area contributed by atoms with Crippen LogP contribution in [0.2, 0.25) is 0 Å². The van der Waals surface area contributed by atoms with Crippen LogP contribution >= 0.6 is 0 Å². The number of benzene rings is 1. The highest BCUT2D eigenvalue weighted by Gasteiger charge is 2.30. The summed E-state index contributed by atoms with van der Waals surface area (Å²) >= 11 is 0. The van der Waals surface area contributed by atoms with Crippen LogP contribution in [0.15, 0.2) is 12.1 Å². The average molecular weight is 289 g/mol. The molecule has 1 aromatic carbocycles. The van der Waals surface area contributed by atoms with Crippen LogP contribution in [-0.2, 0) is 5.54 Å². The van der Waals surface area contributed by atoms with Gasteiger partial charge in [0, 0.05) is 5.54 Å². The largest absolute Gasteiger partial charge is 0.507 e. The second kappa shape index (κ2) is 6.39. The van der Waals surface area contributed by atoms with Gasteiger partial charge in [-0.2, -0.15) is 0 Å². The van der Waals surface area contributed by atoms with Crippen molar-refractivity contribution in [2.45, 2.75) is 83.6 Å².